The molecule has 6 heteroatoms. The summed E-state index contributed by atoms with van der Waals surface area (Å²) in [6.07, 6.45) is 3.42. The second kappa shape index (κ2) is 6.24. The molecule has 0 aromatic heterocycles. The fraction of sp³-hybridized carbons (Fsp3) is 0.786. The average Bonchev–Trinajstić information content (AvgIpc) is 3.02. The Labute approximate surface area is 118 Å². The molecule has 2 rings (SSSR count). The molecule has 2 unspecified atom stereocenters. The van der Waals surface area contributed by atoms with Gasteiger partial charge in [-0.25, -0.2) is 4.79 Å². The topological polar surface area (TPSA) is 77.9 Å². The van der Waals surface area contributed by atoms with E-state index in [0.29, 0.717) is 26.1 Å². The van der Waals surface area contributed by atoms with E-state index in [9.17, 15) is 14.4 Å². The second-order valence-corrected chi connectivity index (χ2v) is 5.62. The summed E-state index contributed by atoms with van der Waals surface area (Å²) >= 11 is 0. The maximum Gasteiger partial charge on any atom is 0.326 e. The molecule has 2 atom stereocenters. The van der Waals surface area contributed by atoms with Crippen LogP contribution in [0.3, 0.4) is 0 Å². The Kier molecular flexibility index (Phi) is 4.62. The standard InChI is InChI=1S/C14H22N2O4/c1-2-3-6-15-9-10(8-12(15)17)13(18)16-7-4-5-11(16)14(19)20/h10-11H,2-9H2,1H3,(H,19,20). The number of nitrogens with zero attached hydrogens (tertiary/aromatic N) is 2. The zero-order valence-corrected chi connectivity index (χ0v) is 11.9. The number of rotatable bonds is 5. The van der Waals surface area contributed by atoms with E-state index in [2.05, 4.69) is 6.92 Å². The van der Waals surface area contributed by atoms with Crippen LogP contribution in [0.4, 0.5) is 0 Å². The molecule has 0 aromatic carbocycles. The molecule has 2 saturated heterocycles. The summed E-state index contributed by atoms with van der Waals surface area (Å²) in [5.74, 6) is -1.45. The van der Waals surface area contributed by atoms with Crippen molar-refractivity contribution in [2.24, 2.45) is 5.92 Å². The summed E-state index contributed by atoms with van der Waals surface area (Å²) in [7, 11) is 0. The van der Waals surface area contributed by atoms with Gasteiger partial charge in [-0.2, -0.15) is 0 Å². The van der Waals surface area contributed by atoms with Crippen LogP contribution in [0, 0.1) is 5.92 Å². The molecule has 2 heterocycles. The molecule has 20 heavy (non-hydrogen) atoms. The highest BCUT2D eigenvalue weighted by Crippen LogP contribution is 2.25. The lowest BCUT2D eigenvalue weighted by atomic mass is 10.1. The van der Waals surface area contributed by atoms with Gasteiger partial charge in [0.2, 0.25) is 11.8 Å². The van der Waals surface area contributed by atoms with Gasteiger partial charge in [-0.3, -0.25) is 9.59 Å². The van der Waals surface area contributed by atoms with Crippen LogP contribution in [0.15, 0.2) is 0 Å². The molecular formula is C14H22N2O4. The first-order chi connectivity index (χ1) is 9.54. The molecule has 0 radical (unpaired) electrons. The highest BCUT2D eigenvalue weighted by molar-refractivity contribution is 5.91. The number of unbranched alkanes of at least 4 members (excludes halogenated alkanes) is 1. The van der Waals surface area contributed by atoms with E-state index in [1.807, 2.05) is 0 Å². The summed E-state index contributed by atoms with van der Waals surface area (Å²) in [6.45, 7) is 3.70. The van der Waals surface area contributed by atoms with Crippen molar-refractivity contribution in [3.63, 3.8) is 0 Å². The van der Waals surface area contributed by atoms with E-state index in [-0.39, 0.29) is 24.2 Å². The minimum atomic E-state index is -0.942. The summed E-state index contributed by atoms with van der Waals surface area (Å²) in [5, 5.41) is 9.12. The Hall–Kier alpha value is -1.59. The highest BCUT2D eigenvalue weighted by atomic mass is 16.4. The summed E-state index contributed by atoms with van der Waals surface area (Å²) in [5.41, 5.74) is 0. The van der Waals surface area contributed by atoms with Gasteiger partial charge in [0.05, 0.1) is 5.92 Å². The quantitative estimate of drug-likeness (QED) is 0.805. The Morgan fingerprint density at radius 1 is 1.40 bits per heavy atom. The molecule has 2 aliphatic heterocycles. The van der Waals surface area contributed by atoms with Crippen molar-refractivity contribution in [3.05, 3.63) is 0 Å². The molecule has 6 nitrogen and oxygen atoms in total. The third kappa shape index (κ3) is 2.94. The molecule has 0 aliphatic carbocycles. The van der Waals surface area contributed by atoms with Gasteiger partial charge < -0.3 is 14.9 Å². The van der Waals surface area contributed by atoms with E-state index in [4.69, 9.17) is 5.11 Å². The first-order valence-corrected chi connectivity index (χ1v) is 7.35. The first kappa shape index (κ1) is 14.8. The summed E-state index contributed by atoms with van der Waals surface area (Å²) < 4.78 is 0. The number of likely N-dealkylation sites (tertiary alicyclic amines) is 2. The molecule has 2 aliphatic rings. The Morgan fingerprint density at radius 2 is 2.15 bits per heavy atom. The van der Waals surface area contributed by atoms with Gasteiger partial charge in [-0.15, -0.1) is 0 Å². The van der Waals surface area contributed by atoms with Crippen molar-refractivity contribution >= 4 is 17.8 Å². The molecule has 2 fully saturated rings. The molecule has 0 saturated carbocycles. The number of carbonyl (C=O) groups excluding carboxylic acids is 2. The van der Waals surface area contributed by atoms with Crippen LogP contribution < -0.4 is 0 Å². The number of carboxylic acid groups (broad SMARTS) is 1. The van der Waals surface area contributed by atoms with E-state index < -0.39 is 12.0 Å². The fourth-order valence-corrected chi connectivity index (χ4v) is 3.02. The van der Waals surface area contributed by atoms with E-state index in [1.54, 1.807) is 4.90 Å². The van der Waals surface area contributed by atoms with Crippen molar-refractivity contribution < 1.29 is 19.5 Å². The average molecular weight is 282 g/mol. The molecule has 0 bridgehead atoms. The minimum Gasteiger partial charge on any atom is -0.480 e. The monoisotopic (exact) mass is 282 g/mol. The summed E-state index contributed by atoms with van der Waals surface area (Å²) in [4.78, 5) is 38.6. The van der Waals surface area contributed by atoms with Crippen LogP contribution in [0.2, 0.25) is 0 Å². The molecular weight excluding hydrogens is 260 g/mol. The van der Waals surface area contributed by atoms with Crippen LogP contribution in [-0.2, 0) is 14.4 Å². The molecule has 2 amide bonds. The maximum atomic E-state index is 12.4. The third-order valence-electron chi connectivity index (χ3n) is 4.17. The zero-order valence-electron chi connectivity index (χ0n) is 11.9. The molecule has 112 valence electrons. The lowest BCUT2D eigenvalue weighted by molar-refractivity contribution is -0.149. The predicted molar refractivity (Wildman–Crippen MR) is 72.0 cm³/mol. The Morgan fingerprint density at radius 3 is 2.80 bits per heavy atom. The highest BCUT2D eigenvalue weighted by Gasteiger charge is 2.41. The fourth-order valence-electron chi connectivity index (χ4n) is 3.02. The SMILES string of the molecule is CCCCN1CC(C(=O)N2CCCC2C(=O)O)CC1=O. The van der Waals surface area contributed by atoms with Crippen LogP contribution in [-0.4, -0.2) is 58.4 Å². The summed E-state index contributed by atoms with van der Waals surface area (Å²) in [6, 6.07) is -0.706. The van der Waals surface area contributed by atoms with Crippen molar-refractivity contribution in [2.45, 2.75) is 45.1 Å². The van der Waals surface area contributed by atoms with Gasteiger partial charge in [0.15, 0.2) is 0 Å². The van der Waals surface area contributed by atoms with E-state index >= 15 is 0 Å². The number of aliphatic carboxylic acids is 1. The van der Waals surface area contributed by atoms with Gasteiger partial charge >= 0.3 is 5.97 Å². The number of carboxylic acids is 1. The molecule has 1 N–H and O–H groups in total. The lowest BCUT2D eigenvalue weighted by Gasteiger charge is -2.24. The molecule has 0 aromatic rings. The Bertz CT molecular complexity index is 410. The van der Waals surface area contributed by atoms with Gasteiger partial charge in [-0.1, -0.05) is 13.3 Å². The number of amides is 2. The van der Waals surface area contributed by atoms with E-state index in [0.717, 1.165) is 19.3 Å². The second-order valence-electron chi connectivity index (χ2n) is 5.62. The third-order valence-corrected chi connectivity index (χ3v) is 4.17. The largest absolute Gasteiger partial charge is 0.480 e. The van der Waals surface area contributed by atoms with E-state index in [1.165, 1.54) is 4.90 Å². The number of hydrogen-bond donors (Lipinski definition) is 1. The zero-order chi connectivity index (χ0) is 14.7. The van der Waals surface area contributed by atoms with Crippen LogP contribution in [0.5, 0.6) is 0 Å². The number of carbonyl (C=O) groups is 3. The minimum absolute atomic E-state index is 0.0165. The van der Waals surface area contributed by atoms with Crippen LogP contribution >= 0.6 is 0 Å². The van der Waals surface area contributed by atoms with Crippen LogP contribution in [0.1, 0.15) is 39.0 Å². The van der Waals surface area contributed by atoms with Gasteiger partial charge in [0.1, 0.15) is 6.04 Å². The van der Waals surface area contributed by atoms with Crippen molar-refractivity contribution in [2.75, 3.05) is 19.6 Å². The van der Waals surface area contributed by atoms with Gasteiger partial charge in [0, 0.05) is 26.1 Å². The Balaban J connectivity index is 1.96. The van der Waals surface area contributed by atoms with Gasteiger partial charge in [-0.05, 0) is 19.3 Å². The van der Waals surface area contributed by atoms with Crippen molar-refractivity contribution in [3.8, 4) is 0 Å². The first-order valence-electron chi connectivity index (χ1n) is 7.35. The van der Waals surface area contributed by atoms with Gasteiger partial charge in [0.25, 0.3) is 0 Å². The lowest BCUT2D eigenvalue weighted by Crippen LogP contribution is -2.44. The van der Waals surface area contributed by atoms with Crippen molar-refractivity contribution in [1.82, 2.24) is 9.80 Å². The molecule has 0 spiro atoms. The smallest absolute Gasteiger partial charge is 0.326 e. The maximum absolute atomic E-state index is 12.4. The van der Waals surface area contributed by atoms with Crippen molar-refractivity contribution in [1.29, 1.82) is 0 Å². The van der Waals surface area contributed by atoms with Crippen LogP contribution in [0.25, 0.3) is 0 Å². The normalized spacial score (nSPS) is 26.4. The number of hydrogen-bond acceptors (Lipinski definition) is 3. The predicted octanol–water partition coefficient (Wildman–Crippen LogP) is 0.711.